The van der Waals surface area contributed by atoms with Gasteiger partial charge in [0, 0.05) is 32.8 Å². The molecule has 1 atom stereocenters. The van der Waals surface area contributed by atoms with E-state index in [0.717, 1.165) is 0 Å². The highest BCUT2D eigenvalue weighted by Crippen LogP contribution is 2.33. The summed E-state index contributed by atoms with van der Waals surface area (Å²) in [6, 6.07) is 0. The van der Waals surface area contributed by atoms with Gasteiger partial charge in [0.05, 0.1) is 12.7 Å². The Morgan fingerprint density at radius 2 is 2.32 bits per heavy atom. The van der Waals surface area contributed by atoms with Crippen LogP contribution in [-0.2, 0) is 15.7 Å². The molecular formula is C12H16F3N5O2. The molecule has 0 spiro atoms. The van der Waals surface area contributed by atoms with Gasteiger partial charge in [-0.2, -0.15) is 18.2 Å². The zero-order valence-electron chi connectivity index (χ0n) is 11.9. The van der Waals surface area contributed by atoms with Crippen molar-refractivity contribution in [2.45, 2.75) is 19.2 Å². The molecule has 1 aliphatic rings. The topological polar surface area (TPSA) is 93.4 Å². The summed E-state index contributed by atoms with van der Waals surface area (Å²) in [6.45, 7) is 2.63. The number of nitrogen functional groups attached to an aromatic ring is 1. The molecule has 0 aromatic carbocycles. The summed E-state index contributed by atoms with van der Waals surface area (Å²) in [4.78, 5) is 19.8. The third-order valence-electron chi connectivity index (χ3n) is 3.19. The summed E-state index contributed by atoms with van der Waals surface area (Å²) >= 11 is 0. The smallest absolute Gasteiger partial charge is 0.373 e. The number of nitrogens with zero attached hydrogens (tertiary/aromatic N) is 3. The minimum atomic E-state index is -4.59. The Bertz CT molecular complexity index is 552. The van der Waals surface area contributed by atoms with Crippen LogP contribution in [0.15, 0.2) is 6.20 Å². The van der Waals surface area contributed by atoms with Crippen LogP contribution in [0, 0.1) is 0 Å². The van der Waals surface area contributed by atoms with Gasteiger partial charge in [-0.25, -0.2) is 4.98 Å². The molecule has 0 saturated carbocycles. The van der Waals surface area contributed by atoms with Gasteiger partial charge in [0.2, 0.25) is 11.9 Å². The number of anilines is 2. The van der Waals surface area contributed by atoms with E-state index >= 15 is 0 Å². The molecule has 0 radical (unpaired) electrons. The Morgan fingerprint density at radius 1 is 1.59 bits per heavy atom. The predicted octanol–water partition coefficient (Wildman–Crippen LogP) is 0.737. The minimum Gasteiger partial charge on any atom is -0.373 e. The molecular weight excluding hydrogens is 303 g/mol. The predicted molar refractivity (Wildman–Crippen MR) is 71.9 cm³/mol. The second kappa shape index (κ2) is 6.34. The van der Waals surface area contributed by atoms with Gasteiger partial charge in [-0.15, -0.1) is 0 Å². The number of ether oxygens (including phenoxy) is 1. The lowest BCUT2D eigenvalue weighted by molar-refractivity contribution is -0.137. The Balaban J connectivity index is 2.05. The number of aromatic nitrogens is 2. The van der Waals surface area contributed by atoms with Crippen molar-refractivity contribution in [3.63, 3.8) is 0 Å². The highest BCUT2D eigenvalue weighted by molar-refractivity contribution is 5.73. The molecule has 0 aliphatic carbocycles. The number of carbonyl (C=O) groups is 1. The minimum absolute atomic E-state index is 0.0727. The highest BCUT2D eigenvalue weighted by Gasteiger charge is 2.35. The first-order chi connectivity index (χ1) is 10.3. The molecule has 10 heteroatoms. The van der Waals surface area contributed by atoms with Gasteiger partial charge in [-0.05, 0) is 0 Å². The summed E-state index contributed by atoms with van der Waals surface area (Å²) in [5, 5.41) is 2.58. The number of rotatable bonds is 3. The van der Waals surface area contributed by atoms with Gasteiger partial charge in [0.1, 0.15) is 11.4 Å². The first kappa shape index (κ1) is 16.3. The standard InChI is InChI=1S/C12H16F3N5O2/c1-7(21)20-2-3-22-8(6-20)4-17-10-9(12(13,14)15)5-18-11(16)19-10/h5,8H,2-4,6H2,1H3,(H3,16,17,18,19). The third kappa shape index (κ3) is 3.97. The fourth-order valence-electron chi connectivity index (χ4n) is 2.08. The van der Waals surface area contributed by atoms with Crippen LogP contribution in [0.2, 0.25) is 0 Å². The second-order valence-corrected chi connectivity index (χ2v) is 4.83. The van der Waals surface area contributed by atoms with Gasteiger partial charge in [-0.1, -0.05) is 0 Å². The van der Waals surface area contributed by atoms with Crippen molar-refractivity contribution in [3.8, 4) is 0 Å². The zero-order chi connectivity index (χ0) is 16.3. The number of nitrogens with one attached hydrogen (secondary N) is 1. The average molecular weight is 319 g/mol. The number of halogens is 3. The lowest BCUT2D eigenvalue weighted by Crippen LogP contribution is -2.47. The largest absolute Gasteiger partial charge is 0.421 e. The second-order valence-electron chi connectivity index (χ2n) is 4.83. The number of carbonyl (C=O) groups excluding carboxylic acids is 1. The summed E-state index contributed by atoms with van der Waals surface area (Å²) in [7, 11) is 0. The molecule has 122 valence electrons. The van der Waals surface area contributed by atoms with Crippen LogP contribution < -0.4 is 11.1 Å². The number of morpholine rings is 1. The van der Waals surface area contributed by atoms with Gasteiger partial charge in [0.15, 0.2) is 0 Å². The van der Waals surface area contributed by atoms with E-state index in [1.165, 1.54) is 6.92 Å². The van der Waals surface area contributed by atoms with Crippen LogP contribution in [0.25, 0.3) is 0 Å². The zero-order valence-corrected chi connectivity index (χ0v) is 11.9. The third-order valence-corrected chi connectivity index (χ3v) is 3.19. The first-order valence-electron chi connectivity index (χ1n) is 6.58. The molecule has 1 aliphatic heterocycles. The van der Waals surface area contributed by atoms with E-state index in [-0.39, 0.29) is 18.4 Å². The Hall–Kier alpha value is -2.10. The number of hydrogen-bond donors (Lipinski definition) is 2. The molecule has 1 aromatic heterocycles. The van der Waals surface area contributed by atoms with E-state index in [0.29, 0.717) is 25.9 Å². The molecule has 1 fully saturated rings. The molecule has 2 rings (SSSR count). The van der Waals surface area contributed by atoms with Crippen LogP contribution >= 0.6 is 0 Å². The molecule has 1 saturated heterocycles. The number of hydrogen-bond acceptors (Lipinski definition) is 6. The Labute approximate surface area is 124 Å². The maximum atomic E-state index is 12.9. The number of alkyl halides is 3. The SMILES string of the molecule is CC(=O)N1CCOC(CNc2nc(N)ncc2C(F)(F)F)C1. The van der Waals surface area contributed by atoms with Gasteiger partial charge < -0.3 is 20.7 Å². The molecule has 0 bridgehead atoms. The van der Waals surface area contributed by atoms with Gasteiger partial charge >= 0.3 is 6.18 Å². The average Bonchev–Trinajstić information content (AvgIpc) is 2.44. The van der Waals surface area contributed by atoms with E-state index in [4.69, 9.17) is 10.5 Å². The van der Waals surface area contributed by atoms with Crippen LogP contribution in [0.4, 0.5) is 24.9 Å². The van der Waals surface area contributed by atoms with E-state index in [9.17, 15) is 18.0 Å². The fourth-order valence-corrected chi connectivity index (χ4v) is 2.08. The molecule has 22 heavy (non-hydrogen) atoms. The summed E-state index contributed by atoms with van der Waals surface area (Å²) in [5.41, 5.74) is 4.33. The van der Waals surface area contributed by atoms with E-state index in [1.54, 1.807) is 4.90 Å². The summed E-state index contributed by atoms with van der Waals surface area (Å²) < 4.78 is 44.0. The summed E-state index contributed by atoms with van der Waals surface area (Å²) in [5.74, 6) is -0.760. The lowest BCUT2D eigenvalue weighted by atomic mass is 10.2. The van der Waals surface area contributed by atoms with Crippen molar-refractivity contribution in [2.75, 3.05) is 37.3 Å². The molecule has 7 nitrogen and oxygen atoms in total. The van der Waals surface area contributed by atoms with E-state index in [2.05, 4.69) is 15.3 Å². The monoisotopic (exact) mass is 319 g/mol. The van der Waals surface area contributed by atoms with Gasteiger partial charge in [-0.3, -0.25) is 4.79 Å². The Morgan fingerprint density at radius 3 is 2.95 bits per heavy atom. The van der Waals surface area contributed by atoms with E-state index in [1.807, 2.05) is 0 Å². The quantitative estimate of drug-likeness (QED) is 0.853. The van der Waals surface area contributed by atoms with Crippen molar-refractivity contribution < 1.29 is 22.7 Å². The normalized spacial score (nSPS) is 19.1. The Kier molecular flexibility index (Phi) is 4.69. The van der Waals surface area contributed by atoms with Crippen molar-refractivity contribution in [1.82, 2.24) is 14.9 Å². The van der Waals surface area contributed by atoms with Crippen molar-refractivity contribution in [3.05, 3.63) is 11.8 Å². The molecule has 1 amide bonds. The highest BCUT2D eigenvalue weighted by atomic mass is 19.4. The molecule has 1 aromatic rings. The summed E-state index contributed by atoms with van der Waals surface area (Å²) in [6.07, 6.45) is -4.38. The number of amides is 1. The molecule has 2 heterocycles. The van der Waals surface area contributed by atoms with Crippen LogP contribution in [-0.4, -0.2) is 53.1 Å². The van der Waals surface area contributed by atoms with Crippen molar-refractivity contribution in [2.24, 2.45) is 0 Å². The molecule has 1 unspecified atom stereocenters. The molecule has 3 N–H and O–H groups in total. The van der Waals surface area contributed by atoms with Crippen molar-refractivity contribution >= 4 is 17.7 Å². The lowest BCUT2D eigenvalue weighted by Gasteiger charge is -2.32. The van der Waals surface area contributed by atoms with Gasteiger partial charge in [0.25, 0.3) is 0 Å². The maximum absolute atomic E-state index is 12.9. The van der Waals surface area contributed by atoms with Crippen molar-refractivity contribution in [1.29, 1.82) is 0 Å². The van der Waals surface area contributed by atoms with E-state index < -0.39 is 23.7 Å². The van der Waals surface area contributed by atoms with Crippen LogP contribution in [0.3, 0.4) is 0 Å². The van der Waals surface area contributed by atoms with Crippen LogP contribution in [0.1, 0.15) is 12.5 Å². The fraction of sp³-hybridized carbons (Fsp3) is 0.583. The van der Waals surface area contributed by atoms with Crippen LogP contribution in [0.5, 0.6) is 0 Å². The number of nitrogens with two attached hydrogens (primary N) is 1. The maximum Gasteiger partial charge on any atom is 0.421 e. The first-order valence-corrected chi connectivity index (χ1v) is 6.58.